The molecule has 1 saturated heterocycles. The first-order valence-corrected chi connectivity index (χ1v) is 12.5. The summed E-state index contributed by atoms with van der Waals surface area (Å²) in [5, 5.41) is 5.90. The lowest BCUT2D eigenvalue weighted by atomic mass is 9.97. The van der Waals surface area contributed by atoms with E-state index in [4.69, 9.17) is 22.8 Å². The molecule has 1 aromatic heterocycles. The number of halogens is 1. The molecule has 0 atom stereocenters. The maximum absolute atomic E-state index is 13.0. The number of pyridine rings is 1. The van der Waals surface area contributed by atoms with E-state index in [0.29, 0.717) is 46.4 Å². The Labute approximate surface area is 231 Å². The number of rotatable bonds is 7. The van der Waals surface area contributed by atoms with Crippen LogP contribution in [-0.2, 0) is 9.53 Å². The van der Waals surface area contributed by atoms with Crippen molar-refractivity contribution in [2.24, 2.45) is 10.9 Å². The summed E-state index contributed by atoms with van der Waals surface area (Å²) in [5.74, 6) is 1.67. The Morgan fingerprint density at radius 1 is 1.08 bits per heavy atom. The number of hydrogen-bond donors (Lipinski definition) is 2. The summed E-state index contributed by atoms with van der Waals surface area (Å²) < 4.78 is 4.82. The van der Waals surface area contributed by atoms with Gasteiger partial charge >= 0.3 is 5.97 Å². The van der Waals surface area contributed by atoms with E-state index in [0.717, 1.165) is 12.8 Å². The summed E-state index contributed by atoms with van der Waals surface area (Å²) in [6.07, 6.45) is 10.1. The maximum atomic E-state index is 13.0. The number of aliphatic imine (C=N–C) groups is 1. The first kappa shape index (κ1) is 27.4. The fourth-order valence-electron chi connectivity index (χ4n) is 4.02. The fourth-order valence-corrected chi connectivity index (χ4v) is 4.14. The predicted molar refractivity (Wildman–Crippen MR) is 150 cm³/mol. The number of esters is 1. The highest BCUT2D eigenvalue weighted by Gasteiger charge is 2.24. The van der Waals surface area contributed by atoms with Crippen LogP contribution in [0.25, 0.3) is 0 Å². The highest BCUT2D eigenvalue weighted by molar-refractivity contribution is 6.30. The lowest BCUT2D eigenvalue weighted by molar-refractivity contribution is -0.146. The van der Waals surface area contributed by atoms with Gasteiger partial charge in [-0.25, -0.2) is 9.98 Å². The summed E-state index contributed by atoms with van der Waals surface area (Å²) in [6.45, 7) is 1.43. The van der Waals surface area contributed by atoms with E-state index >= 15 is 0 Å². The molecule has 9 nitrogen and oxygen atoms in total. The van der Waals surface area contributed by atoms with E-state index in [1.54, 1.807) is 54.9 Å². The van der Waals surface area contributed by atoms with Crippen LogP contribution in [0.4, 0.5) is 17.2 Å². The smallest absolute Gasteiger partial charge is 0.308 e. The van der Waals surface area contributed by atoms with Crippen molar-refractivity contribution >= 4 is 52.9 Å². The van der Waals surface area contributed by atoms with Crippen LogP contribution in [0.1, 0.15) is 39.1 Å². The van der Waals surface area contributed by atoms with Gasteiger partial charge in [0, 0.05) is 30.4 Å². The van der Waals surface area contributed by atoms with Crippen LogP contribution < -0.4 is 10.6 Å². The number of anilines is 2. The summed E-state index contributed by atoms with van der Waals surface area (Å²) in [5.41, 5.74) is 2.03. The molecule has 2 amide bonds. The van der Waals surface area contributed by atoms with Gasteiger partial charge in [0.25, 0.3) is 11.8 Å². The molecule has 0 unspecified atom stereocenters. The van der Waals surface area contributed by atoms with Crippen LogP contribution in [0.2, 0.25) is 5.02 Å². The topological polar surface area (TPSA) is 113 Å². The molecule has 1 aliphatic rings. The minimum absolute atomic E-state index is 0.0686. The summed E-state index contributed by atoms with van der Waals surface area (Å²) in [6, 6.07) is 14.7. The molecular formula is C29H26ClN5O4. The van der Waals surface area contributed by atoms with Crippen LogP contribution in [0, 0.1) is 18.3 Å². The Morgan fingerprint density at radius 3 is 2.46 bits per heavy atom. The second-order valence-corrected chi connectivity index (χ2v) is 9.24. The minimum atomic E-state index is -0.488. The molecular weight excluding hydrogens is 518 g/mol. The van der Waals surface area contributed by atoms with Gasteiger partial charge in [0.15, 0.2) is 0 Å². The minimum Gasteiger partial charge on any atom is -0.469 e. The molecule has 10 heteroatoms. The van der Waals surface area contributed by atoms with Gasteiger partial charge in [-0.15, -0.1) is 6.42 Å². The standard InChI is InChI=1S/C29H26ClN5O4/c1-3-19-4-10-25(24(16-19)28(37)34-26-11-7-22(30)17-31-26)33-27(36)20-5-8-23(9-6-20)32-18-35-14-12-21(13-15-35)29(38)39-2/h1,4-11,16-18,21H,12-15H2,2H3,(H,33,36)(H,31,34,37). The third-order valence-electron chi connectivity index (χ3n) is 6.21. The average molecular weight is 544 g/mol. The second-order valence-electron chi connectivity index (χ2n) is 8.80. The van der Waals surface area contributed by atoms with Crippen molar-refractivity contribution in [2.75, 3.05) is 30.8 Å². The molecule has 198 valence electrons. The molecule has 0 bridgehead atoms. The van der Waals surface area contributed by atoms with Crippen molar-refractivity contribution in [3.05, 3.63) is 82.5 Å². The number of aromatic nitrogens is 1. The summed E-state index contributed by atoms with van der Waals surface area (Å²) >= 11 is 5.86. The normalized spacial score (nSPS) is 13.5. The predicted octanol–water partition coefficient (Wildman–Crippen LogP) is 4.77. The molecule has 39 heavy (non-hydrogen) atoms. The summed E-state index contributed by atoms with van der Waals surface area (Å²) in [4.78, 5) is 48.2. The lowest BCUT2D eigenvalue weighted by Crippen LogP contribution is -2.35. The first-order valence-electron chi connectivity index (χ1n) is 12.2. The van der Waals surface area contributed by atoms with Crippen molar-refractivity contribution < 1.29 is 19.1 Å². The third-order valence-corrected chi connectivity index (χ3v) is 6.44. The van der Waals surface area contributed by atoms with Gasteiger partial charge in [0.05, 0.1) is 41.3 Å². The molecule has 2 N–H and O–H groups in total. The number of carbonyl (C=O) groups is 3. The van der Waals surface area contributed by atoms with Gasteiger partial charge in [-0.2, -0.15) is 0 Å². The Balaban J connectivity index is 1.40. The number of amides is 2. The Hall–Kier alpha value is -4.68. The number of hydrogen-bond acceptors (Lipinski definition) is 6. The quantitative estimate of drug-likeness (QED) is 0.192. The second kappa shape index (κ2) is 12.7. The van der Waals surface area contributed by atoms with Gasteiger partial charge in [-0.1, -0.05) is 17.5 Å². The molecule has 0 aliphatic carbocycles. The van der Waals surface area contributed by atoms with Crippen molar-refractivity contribution in [1.82, 2.24) is 9.88 Å². The largest absolute Gasteiger partial charge is 0.469 e. The Bertz CT molecular complexity index is 1420. The van der Waals surface area contributed by atoms with Gasteiger partial charge in [-0.3, -0.25) is 14.4 Å². The van der Waals surface area contributed by atoms with E-state index in [9.17, 15) is 14.4 Å². The monoisotopic (exact) mass is 543 g/mol. The zero-order valence-corrected chi connectivity index (χ0v) is 21.9. The van der Waals surface area contributed by atoms with Crippen molar-refractivity contribution in [3.8, 4) is 12.3 Å². The number of nitrogens with zero attached hydrogens (tertiary/aromatic N) is 3. The van der Waals surface area contributed by atoms with Gasteiger partial charge in [0.2, 0.25) is 0 Å². The Kier molecular flexibility index (Phi) is 8.92. The number of benzene rings is 2. The molecule has 2 aromatic carbocycles. The zero-order chi connectivity index (χ0) is 27.8. The molecule has 3 aromatic rings. The zero-order valence-electron chi connectivity index (χ0n) is 21.2. The van der Waals surface area contributed by atoms with Crippen molar-refractivity contribution in [3.63, 3.8) is 0 Å². The molecule has 2 heterocycles. The highest BCUT2D eigenvalue weighted by atomic mass is 35.5. The van der Waals surface area contributed by atoms with E-state index < -0.39 is 11.8 Å². The molecule has 0 spiro atoms. The number of methoxy groups -OCH3 is 1. The van der Waals surface area contributed by atoms with Crippen LogP contribution in [0.5, 0.6) is 0 Å². The molecule has 0 saturated carbocycles. The number of terminal acetylenes is 1. The maximum Gasteiger partial charge on any atom is 0.308 e. The Morgan fingerprint density at radius 2 is 1.82 bits per heavy atom. The highest BCUT2D eigenvalue weighted by Crippen LogP contribution is 2.22. The van der Waals surface area contributed by atoms with E-state index in [-0.39, 0.29) is 17.5 Å². The lowest BCUT2D eigenvalue weighted by Gasteiger charge is -2.28. The number of piperidine rings is 1. The first-order chi connectivity index (χ1) is 18.9. The van der Waals surface area contributed by atoms with E-state index in [1.807, 2.05) is 4.90 Å². The molecule has 4 rings (SSSR count). The van der Waals surface area contributed by atoms with Crippen molar-refractivity contribution in [1.29, 1.82) is 0 Å². The van der Waals surface area contributed by atoms with Gasteiger partial charge < -0.3 is 20.3 Å². The van der Waals surface area contributed by atoms with Gasteiger partial charge in [0.1, 0.15) is 5.82 Å². The number of ether oxygens (including phenoxy) is 1. The van der Waals surface area contributed by atoms with Gasteiger partial charge in [-0.05, 0) is 67.4 Å². The fraction of sp³-hybridized carbons (Fsp3) is 0.207. The molecule has 0 radical (unpaired) electrons. The van der Waals surface area contributed by atoms with Crippen LogP contribution in [0.3, 0.4) is 0 Å². The van der Waals surface area contributed by atoms with E-state index in [1.165, 1.54) is 19.4 Å². The molecule has 1 aliphatic heterocycles. The van der Waals surface area contributed by atoms with Crippen molar-refractivity contribution in [2.45, 2.75) is 12.8 Å². The summed E-state index contributed by atoms with van der Waals surface area (Å²) in [7, 11) is 1.41. The SMILES string of the molecule is C#Cc1ccc(NC(=O)c2ccc(N=CN3CCC(C(=O)OC)CC3)cc2)c(C(=O)Nc2ccc(Cl)cn2)c1. The number of likely N-dealkylation sites (tertiary alicyclic amines) is 1. The van der Waals surface area contributed by atoms with Crippen LogP contribution in [0.15, 0.2) is 65.8 Å². The van der Waals surface area contributed by atoms with Crippen LogP contribution >= 0.6 is 11.6 Å². The molecule has 1 fully saturated rings. The average Bonchev–Trinajstić information content (AvgIpc) is 2.97. The van der Waals surface area contributed by atoms with Crippen LogP contribution in [-0.4, -0.2) is 54.2 Å². The number of carbonyl (C=O) groups excluding carboxylic acids is 3. The van der Waals surface area contributed by atoms with E-state index in [2.05, 4.69) is 26.5 Å². The third kappa shape index (κ3) is 7.21. The number of nitrogens with one attached hydrogen (secondary N) is 2.